The molecular formula is C13H19ClN2O. The number of hydrogen-bond donors (Lipinski definition) is 1. The molecule has 1 aromatic carbocycles. The summed E-state index contributed by atoms with van der Waals surface area (Å²) < 4.78 is 0. The molecule has 1 heterocycles. The van der Waals surface area contributed by atoms with Crippen molar-refractivity contribution >= 4 is 17.3 Å². The number of halogens is 1. The average molecular weight is 255 g/mol. The smallest absolute Gasteiger partial charge is 0.0882 e. The lowest BCUT2D eigenvalue weighted by Crippen LogP contribution is -2.43. The molecule has 2 rings (SSSR count). The first-order valence-corrected chi connectivity index (χ1v) is 6.44. The fourth-order valence-corrected chi connectivity index (χ4v) is 2.77. The van der Waals surface area contributed by atoms with Crippen molar-refractivity contribution in [3.63, 3.8) is 0 Å². The minimum Gasteiger partial charge on any atom is -0.366 e. The molecule has 4 heteroatoms. The summed E-state index contributed by atoms with van der Waals surface area (Å²) in [5.41, 5.74) is 2.46. The van der Waals surface area contributed by atoms with Crippen LogP contribution < -0.4 is 10.8 Å². The van der Waals surface area contributed by atoms with E-state index in [2.05, 4.69) is 17.9 Å². The van der Waals surface area contributed by atoms with Gasteiger partial charge in [-0.05, 0) is 49.9 Å². The van der Waals surface area contributed by atoms with E-state index in [9.17, 15) is 0 Å². The molecule has 1 aliphatic heterocycles. The lowest BCUT2D eigenvalue weighted by molar-refractivity contribution is 0.114. The Hall–Kier alpha value is -0.770. The molecule has 17 heavy (non-hydrogen) atoms. The highest BCUT2D eigenvalue weighted by molar-refractivity contribution is 6.30. The first kappa shape index (κ1) is 12.7. The van der Waals surface area contributed by atoms with Crippen LogP contribution in [-0.2, 0) is 4.84 Å². The molecule has 1 unspecified atom stereocenters. The van der Waals surface area contributed by atoms with Crippen LogP contribution in [0.15, 0.2) is 18.2 Å². The van der Waals surface area contributed by atoms with Crippen molar-refractivity contribution < 1.29 is 4.84 Å². The van der Waals surface area contributed by atoms with Gasteiger partial charge in [-0.15, -0.1) is 0 Å². The van der Waals surface area contributed by atoms with Crippen molar-refractivity contribution in [3.05, 3.63) is 28.8 Å². The van der Waals surface area contributed by atoms with Crippen LogP contribution in [-0.4, -0.2) is 19.2 Å². The molecule has 1 fully saturated rings. The average Bonchev–Trinajstić information content (AvgIpc) is 2.31. The van der Waals surface area contributed by atoms with E-state index in [0.29, 0.717) is 12.6 Å². The molecule has 0 saturated carbocycles. The number of anilines is 1. The van der Waals surface area contributed by atoms with E-state index in [1.54, 1.807) is 0 Å². The Morgan fingerprint density at radius 3 is 3.00 bits per heavy atom. The Labute approximate surface area is 107 Å². The zero-order valence-corrected chi connectivity index (χ0v) is 10.9. The molecule has 1 aliphatic rings. The molecule has 2 N–H and O–H groups in total. The molecule has 0 bridgehead atoms. The van der Waals surface area contributed by atoms with E-state index in [4.69, 9.17) is 22.3 Å². The highest BCUT2D eigenvalue weighted by Gasteiger charge is 2.23. The molecule has 1 aromatic rings. The normalized spacial score (nSPS) is 20.6. The summed E-state index contributed by atoms with van der Waals surface area (Å²) in [7, 11) is 0. The third-order valence-corrected chi connectivity index (χ3v) is 3.62. The van der Waals surface area contributed by atoms with Gasteiger partial charge in [-0.3, -0.25) is 0 Å². The molecular weight excluding hydrogens is 236 g/mol. The first-order chi connectivity index (χ1) is 8.22. The van der Waals surface area contributed by atoms with Crippen molar-refractivity contribution in [2.24, 2.45) is 5.90 Å². The first-order valence-electron chi connectivity index (χ1n) is 6.07. The van der Waals surface area contributed by atoms with Gasteiger partial charge >= 0.3 is 0 Å². The zero-order chi connectivity index (χ0) is 12.3. The Morgan fingerprint density at radius 2 is 2.29 bits per heavy atom. The Bertz CT molecular complexity index is 382. The summed E-state index contributed by atoms with van der Waals surface area (Å²) >= 11 is 5.99. The maximum atomic E-state index is 5.99. The number of hydrogen-bond acceptors (Lipinski definition) is 3. The molecule has 0 amide bonds. The lowest BCUT2D eigenvalue weighted by atomic mass is 10.0. The summed E-state index contributed by atoms with van der Waals surface area (Å²) in [6, 6.07) is 6.42. The second-order valence-electron chi connectivity index (χ2n) is 4.61. The van der Waals surface area contributed by atoms with Gasteiger partial charge < -0.3 is 9.74 Å². The fourth-order valence-electron chi connectivity index (χ4n) is 2.54. The predicted octanol–water partition coefficient (Wildman–Crippen LogP) is 2.90. The molecule has 1 atom stereocenters. The number of aryl methyl sites for hydroxylation is 1. The summed E-state index contributed by atoms with van der Waals surface area (Å²) in [6.45, 7) is 3.74. The van der Waals surface area contributed by atoms with Crippen LogP contribution in [0.1, 0.15) is 24.8 Å². The molecule has 3 nitrogen and oxygen atoms in total. The summed E-state index contributed by atoms with van der Waals surface area (Å²) in [5.74, 6) is 5.21. The van der Waals surface area contributed by atoms with Gasteiger partial charge in [-0.2, -0.15) is 0 Å². The van der Waals surface area contributed by atoms with Gasteiger partial charge in [0.1, 0.15) is 0 Å². The van der Waals surface area contributed by atoms with Gasteiger partial charge in [0.05, 0.1) is 12.6 Å². The molecule has 0 aromatic heterocycles. The van der Waals surface area contributed by atoms with Crippen LogP contribution >= 0.6 is 11.6 Å². The van der Waals surface area contributed by atoms with Crippen molar-refractivity contribution in [2.45, 2.75) is 32.2 Å². The third kappa shape index (κ3) is 2.92. The topological polar surface area (TPSA) is 38.5 Å². The lowest BCUT2D eigenvalue weighted by Gasteiger charge is -2.37. The number of piperidine rings is 1. The predicted molar refractivity (Wildman–Crippen MR) is 71.3 cm³/mol. The second-order valence-corrected chi connectivity index (χ2v) is 5.04. The largest absolute Gasteiger partial charge is 0.366 e. The Morgan fingerprint density at radius 1 is 1.47 bits per heavy atom. The number of nitrogens with two attached hydrogens (primary N) is 1. The fraction of sp³-hybridized carbons (Fsp3) is 0.538. The van der Waals surface area contributed by atoms with Gasteiger partial charge in [-0.1, -0.05) is 11.6 Å². The van der Waals surface area contributed by atoms with Crippen molar-refractivity contribution in [3.8, 4) is 0 Å². The van der Waals surface area contributed by atoms with Crippen LogP contribution in [0.25, 0.3) is 0 Å². The van der Waals surface area contributed by atoms with E-state index >= 15 is 0 Å². The Kier molecular flexibility index (Phi) is 4.26. The zero-order valence-electron chi connectivity index (χ0n) is 10.2. The molecule has 0 aliphatic carbocycles. The molecule has 0 spiro atoms. The van der Waals surface area contributed by atoms with Crippen LogP contribution in [0.4, 0.5) is 5.69 Å². The van der Waals surface area contributed by atoms with E-state index < -0.39 is 0 Å². The second kappa shape index (κ2) is 5.71. The van der Waals surface area contributed by atoms with Gasteiger partial charge in [0.15, 0.2) is 0 Å². The van der Waals surface area contributed by atoms with E-state index in [1.807, 2.05) is 12.1 Å². The number of rotatable bonds is 3. The SMILES string of the molecule is Cc1cc(Cl)ccc1N1CCCCC1CON. The number of benzene rings is 1. The van der Waals surface area contributed by atoms with Crippen molar-refractivity contribution in [1.29, 1.82) is 0 Å². The molecule has 94 valence electrons. The van der Waals surface area contributed by atoms with E-state index in [-0.39, 0.29) is 0 Å². The summed E-state index contributed by atoms with van der Waals surface area (Å²) in [4.78, 5) is 7.22. The molecule has 0 radical (unpaired) electrons. The quantitative estimate of drug-likeness (QED) is 0.843. The summed E-state index contributed by atoms with van der Waals surface area (Å²) in [5, 5.41) is 0.787. The van der Waals surface area contributed by atoms with Gasteiger partial charge in [0, 0.05) is 17.3 Å². The minimum absolute atomic E-state index is 0.383. The van der Waals surface area contributed by atoms with Gasteiger partial charge in [0.25, 0.3) is 0 Å². The maximum Gasteiger partial charge on any atom is 0.0882 e. The van der Waals surface area contributed by atoms with Crippen molar-refractivity contribution in [2.75, 3.05) is 18.1 Å². The highest BCUT2D eigenvalue weighted by atomic mass is 35.5. The van der Waals surface area contributed by atoms with Crippen LogP contribution in [0.2, 0.25) is 5.02 Å². The maximum absolute atomic E-state index is 5.99. The van der Waals surface area contributed by atoms with E-state index in [1.165, 1.54) is 24.1 Å². The van der Waals surface area contributed by atoms with Crippen LogP contribution in [0, 0.1) is 6.92 Å². The number of nitrogens with zero attached hydrogens (tertiary/aromatic N) is 1. The van der Waals surface area contributed by atoms with Gasteiger partial charge in [0.2, 0.25) is 0 Å². The minimum atomic E-state index is 0.383. The van der Waals surface area contributed by atoms with Crippen LogP contribution in [0.3, 0.4) is 0 Å². The third-order valence-electron chi connectivity index (χ3n) is 3.38. The monoisotopic (exact) mass is 254 g/mol. The molecule has 1 saturated heterocycles. The van der Waals surface area contributed by atoms with Crippen molar-refractivity contribution in [1.82, 2.24) is 0 Å². The highest BCUT2D eigenvalue weighted by Crippen LogP contribution is 2.29. The van der Waals surface area contributed by atoms with E-state index in [0.717, 1.165) is 18.0 Å². The summed E-state index contributed by atoms with van der Waals surface area (Å²) in [6.07, 6.45) is 3.61. The van der Waals surface area contributed by atoms with Gasteiger partial charge in [-0.25, -0.2) is 5.90 Å². The standard InChI is InChI=1S/C13H19ClN2O/c1-10-8-11(14)5-6-13(10)16-7-3-2-4-12(16)9-17-15/h5-6,8,12H,2-4,7,9,15H2,1H3. The Balaban J connectivity index is 2.23. The van der Waals surface area contributed by atoms with Crippen LogP contribution in [0.5, 0.6) is 0 Å².